The van der Waals surface area contributed by atoms with E-state index in [-0.39, 0.29) is 5.91 Å². The zero-order valence-corrected chi connectivity index (χ0v) is 12.3. The molecule has 5 heteroatoms. The average Bonchev–Trinajstić information content (AvgIpc) is 2.95. The molecule has 1 atom stereocenters. The van der Waals surface area contributed by atoms with E-state index in [0.717, 1.165) is 41.8 Å². The van der Waals surface area contributed by atoms with E-state index < -0.39 is 0 Å². The van der Waals surface area contributed by atoms with Crippen LogP contribution in [-0.4, -0.2) is 36.5 Å². The first-order valence-electron chi connectivity index (χ1n) is 5.98. The number of rotatable bonds is 4. The van der Waals surface area contributed by atoms with Crippen molar-refractivity contribution in [2.45, 2.75) is 25.8 Å². The highest BCUT2D eigenvalue weighted by Gasteiger charge is 2.26. The van der Waals surface area contributed by atoms with Crippen LogP contribution < -0.4 is 5.32 Å². The summed E-state index contributed by atoms with van der Waals surface area (Å²) in [5.41, 5.74) is 0.808. The Bertz CT molecular complexity index is 388. The van der Waals surface area contributed by atoms with E-state index in [1.54, 1.807) is 11.3 Å². The largest absolute Gasteiger partial charge is 0.334 e. The van der Waals surface area contributed by atoms with Crippen molar-refractivity contribution in [3.63, 3.8) is 0 Å². The number of hydrogen-bond acceptors (Lipinski definition) is 3. The van der Waals surface area contributed by atoms with Gasteiger partial charge in [-0.3, -0.25) is 4.79 Å². The number of amides is 1. The van der Waals surface area contributed by atoms with E-state index in [0.29, 0.717) is 6.04 Å². The molecular formula is C12H17BrN2OS. The molecule has 0 aromatic carbocycles. The Morgan fingerprint density at radius 1 is 1.71 bits per heavy atom. The van der Waals surface area contributed by atoms with E-state index in [4.69, 9.17) is 0 Å². The molecule has 3 nitrogen and oxygen atoms in total. The molecule has 1 N–H and O–H groups in total. The van der Waals surface area contributed by atoms with Crippen molar-refractivity contribution in [1.29, 1.82) is 0 Å². The Hall–Kier alpha value is -0.390. The number of carbonyl (C=O) groups excluding carboxylic acids is 1. The van der Waals surface area contributed by atoms with Crippen molar-refractivity contribution in [1.82, 2.24) is 10.2 Å². The second-order valence-electron chi connectivity index (χ2n) is 4.28. The molecule has 1 aromatic heterocycles. The summed E-state index contributed by atoms with van der Waals surface area (Å²) in [5, 5.41) is 5.25. The smallest absolute Gasteiger partial charge is 0.255 e. The molecule has 1 fully saturated rings. The minimum Gasteiger partial charge on any atom is -0.334 e. The quantitative estimate of drug-likeness (QED) is 0.926. The number of nitrogens with zero attached hydrogens (tertiary/aromatic N) is 1. The molecule has 17 heavy (non-hydrogen) atoms. The zero-order chi connectivity index (χ0) is 12.3. The summed E-state index contributed by atoms with van der Waals surface area (Å²) in [5.74, 6) is 0.169. The highest BCUT2D eigenvalue weighted by Crippen LogP contribution is 2.23. The summed E-state index contributed by atoms with van der Waals surface area (Å²) in [7, 11) is 0. The molecular weight excluding hydrogens is 300 g/mol. The lowest BCUT2D eigenvalue weighted by molar-refractivity contribution is 0.0693. The molecule has 1 aliphatic heterocycles. The van der Waals surface area contributed by atoms with Gasteiger partial charge in [-0.05, 0) is 41.4 Å². The van der Waals surface area contributed by atoms with Crippen LogP contribution >= 0.6 is 27.3 Å². The lowest BCUT2D eigenvalue weighted by atomic mass is 10.1. The summed E-state index contributed by atoms with van der Waals surface area (Å²) < 4.78 is 1.02. The Balaban J connectivity index is 2.12. The van der Waals surface area contributed by atoms with Crippen LogP contribution in [0.2, 0.25) is 0 Å². The van der Waals surface area contributed by atoms with E-state index in [9.17, 15) is 4.79 Å². The van der Waals surface area contributed by atoms with Crippen molar-refractivity contribution in [3.05, 3.63) is 20.8 Å². The third-order valence-electron chi connectivity index (χ3n) is 3.01. The van der Waals surface area contributed by atoms with E-state index in [2.05, 4.69) is 28.2 Å². The van der Waals surface area contributed by atoms with Crippen LogP contribution in [0.1, 0.15) is 30.1 Å². The molecule has 1 aromatic rings. The fraction of sp³-hybridized carbons (Fsp3) is 0.583. The van der Waals surface area contributed by atoms with Crippen LogP contribution in [0.25, 0.3) is 0 Å². The molecule has 1 amide bonds. The molecule has 0 spiro atoms. The highest BCUT2D eigenvalue weighted by atomic mass is 79.9. The lowest BCUT2D eigenvalue weighted by Crippen LogP contribution is -2.41. The number of halogens is 1. The van der Waals surface area contributed by atoms with Gasteiger partial charge >= 0.3 is 0 Å². The maximum absolute atomic E-state index is 12.4. The minimum absolute atomic E-state index is 0.169. The van der Waals surface area contributed by atoms with Crippen molar-refractivity contribution >= 4 is 33.2 Å². The highest BCUT2D eigenvalue weighted by molar-refractivity contribution is 9.11. The SMILES string of the molecule is CCCN(C(=O)c1csc(Br)c1)C1CCNC1. The van der Waals surface area contributed by atoms with Gasteiger partial charge in [0.1, 0.15) is 0 Å². The lowest BCUT2D eigenvalue weighted by Gasteiger charge is -2.27. The predicted molar refractivity (Wildman–Crippen MR) is 74.6 cm³/mol. The molecule has 0 radical (unpaired) electrons. The third-order valence-corrected chi connectivity index (χ3v) is 4.52. The monoisotopic (exact) mass is 316 g/mol. The van der Waals surface area contributed by atoms with Gasteiger partial charge in [-0.25, -0.2) is 0 Å². The number of hydrogen-bond donors (Lipinski definition) is 1. The van der Waals surface area contributed by atoms with Gasteiger partial charge in [-0.1, -0.05) is 6.92 Å². The summed E-state index contributed by atoms with van der Waals surface area (Å²) >= 11 is 4.97. The number of nitrogens with one attached hydrogen (secondary N) is 1. The normalized spacial score (nSPS) is 19.5. The summed E-state index contributed by atoms with van der Waals surface area (Å²) in [6.07, 6.45) is 2.07. The average molecular weight is 317 g/mol. The van der Waals surface area contributed by atoms with Crippen molar-refractivity contribution in [3.8, 4) is 0 Å². The molecule has 2 rings (SSSR count). The second kappa shape index (κ2) is 5.98. The molecule has 1 saturated heterocycles. The minimum atomic E-state index is 0.169. The molecule has 1 unspecified atom stereocenters. The maximum atomic E-state index is 12.4. The Kier molecular flexibility index (Phi) is 4.59. The van der Waals surface area contributed by atoms with Crippen LogP contribution in [0.15, 0.2) is 15.2 Å². The van der Waals surface area contributed by atoms with Gasteiger partial charge in [-0.2, -0.15) is 0 Å². The van der Waals surface area contributed by atoms with E-state index in [1.807, 2.05) is 16.3 Å². The molecule has 2 heterocycles. The Labute approximate surface area is 114 Å². The van der Waals surface area contributed by atoms with Gasteiger partial charge in [0.2, 0.25) is 0 Å². The Morgan fingerprint density at radius 2 is 2.53 bits per heavy atom. The maximum Gasteiger partial charge on any atom is 0.255 e. The summed E-state index contributed by atoms with van der Waals surface area (Å²) in [4.78, 5) is 14.4. The molecule has 0 bridgehead atoms. The van der Waals surface area contributed by atoms with Gasteiger partial charge < -0.3 is 10.2 Å². The Morgan fingerprint density at radius 3 is 3.06 bits per heavy atom. The topological polar surface area (TPSA) is 32.3 Å². The van der Waals surface area contributed by atoms with Crippen LogP contribution in [0.3, 0.4) is 0 Å². The summed E-state index contributed by atoms with van der Waals surface area (Å²) in [6, 6.07) is 2.28. The zero-order valence-electron chi connectivity index (χ0n) is 9.91. The first kappa shape index (κ1) is 13.1. The second-order valence-corrected chi connectivity index (χ2v) is 6.58. The fourth-order valence-electron chi connectivity index (χ4n) is 2.18. The van der Waals surface area contributed by atoms with Crippen molar-refractivity contribution in [2.24, 2.45) is 0 Å². The number of carbonyl (C=O) groups is 1. The van der Waals surface area contributed by atoms with Crippen molar-refractivity contribution in [2.75, 3.05) is 19.6 Å². The standard InChI is InChI=1S/C12H17BrN2OS/c1-2-5-15(10-3-4-14-7-10)12(16)9-6-11(13)17-8-9/h6,8,10,14H,2-5,7H2,1H3. The van der Waals surface area contributed by atoms with Crippen molar-refractivity contribution < 1.29 is 4.79 Å². The number of thiophene rings is 1. The van der Waals surface area contributed by atoms with Crippen LogP contribution in [-0.2, 0) is 0 Å². The third kappa shape index (κ3) is 3.09. The van der Waals surface area contributed by atoms with E-state index in [1.165, 1.54) is 0 Å². The van der Waals surface area contributed by atoms with Crippen LogP contribution in [0.5, 0.6) is 0 Å². The molecule has 0 aliphatic carbocycles. The first-order chi connectivity index (χ1) is 8.22. The van der Waals surface area contributed by atoms with Crippen LogP contribution in [0.4, 0.5) is 0 Å². The molecule has 1 aliphatic rings. The van der Waals surface area contributed by atoms with Gasteiger partial charge in [0.05, 0.1) is 9.35 Å². The van der Waals surface area contributed by atoms with E-state index >= 15 is 0 Å². The van der Waals surface area contributed by atoms with Gasteiger partial charge in [-0.15, -0.1) is 11.3 Å². The first-order valence-corrected chi connectivity index (χ1v) is 7.65. The van der Waals surface area contributed by atoms with Gasteiger partial charge in [0.15, 0.2) is 0 Å². The predicted octanol–water partition coefficient (Wildman–Crippen LogP) is 2.72. The fourth-order valence-corrected chi connectivity index (χ4v) is 3.31. The molecule has 94 valence electrons. The van der Waals surface area contributed by atoms with Gasteiger partial charge in [0, 0.05) is 24.5 Å². The summed E-state index contributed by atoms with van der Waals surface area (Å²) in [6.45, 7) is 4.91. The van der Waals surface area contributed by atoms with Gasteiger partial charge in [0.25, 0.3) is 5.91 Å². The molecule has 0 saturated carbocycles. The van der Waals surface area contributed by atoms with Crippen LogP contribution in [0, 0.1) is 0 Å².